The molecule has 0 aliphatic heterocycles. The van der Waals surface area contributed by atoms with Gasteiger partial charge in [-0.25, -0.2) is 9.97 Å². The minimum atomic E-state index is -0.196. The van der Waals surface area contributed by atoms with Gasteiger partial charge >= 0.3 is 0 Å². The molecule has 5 heteroatoms. The van der Waals surface area contributed by atoms with Crippen LogP contribution in [0.15, 0.2) is 36.7 Å². The molecule has 1 amide bonds. The number of hydrogen-bond acceptors (Lipinski definition) is 4. The monoisotopic (exact) mass is 298 g/mol. The smallest absolute Gasteiger partial charge is 0.270 e. The summed E-state index contributed by atoms with van der Waals surface area (Å²) in [6.45, 7) is 6.68. The number of anilines is 1. The van der Waals surface area contributed by atoms with E-state index in [4.69, 9.17) is 0 Å². The Bertz CT molecular complexity index is 642. The molecular formula is C17H22N4O. The van der Waals surface area contributed by atoms with Crippen molar-refractivity contribution >= 4 is 11.7 Å². The van der Waals surface area contributed by atoms with Crippen LogP contribution in [0.1, 0.15) is 41.9 Å². The predicted octanol–water partition coefficient (Wildman–Crippen LogP) is 2.93. The fourth-order valence-electron chi connectivity index (χ4n) is 1.99. The molecule has 0 radical (unpaired) electrons. The Labute approximate surface area is 131 Å². The van der Waals surface area contributed by atoms with Crippen LogP contribution in [0, 0.1) is 6.92 Å². The summed E-state index contributed by atoms with van der Waals surface area (Å²) >= 11 is 0. The van der Waals surface area contributed by atoms with Gasteiger partial charge < -0.3 is 10.6 Å². The van der Waals surface area contributed by atoms with Crippen LogP contribution in [0.2, 0.25) is 0 Å². The maximum Gasteiger partial charge on any atom is 0.270 e. The van der Waals surface area contributed by atoms with Gasteiger partial charge in [0.1, 0.15) is 17.8 Å². The highest BCUT2D eigenvalue weighted by molar-refractivity contribution is 5.92. The van der Waals surface area contributed by atoms with Crippen LogP contribution in [0.5, 0.6) is 0 Å². The predicted molar refractivity (Wildman–Crippen MR) is 87.8 cm³/mol. The molecule has 0 fully saturated rings. The highest BCUT2D eigenvalue weighted by atomic mass is 16.1. The number of carbonyl (C=O) groups excluding carboxylic acids is 1. The second kappa shape index (κ2) is 7.54. The molecule has 5 nitrogen and oxygen atoms in total. The standard InChI is InChI=1S/C17H22N4O/c1-4-13(3)21-16-9-15(19-11-20-16)17(22)18-10-14-8-6-5-7-12(14)2/h5-9,11,13H,4,10H2,1-3H3,(H,18,22)(H,19,20,21). The molecule has 2 N–H and O–H groups in total. The van der Waals surface area contributed by atoms with Gasteiger partial charge in [0, 0.05) is 18.7 Å². The number of nitrogens with zero attached hydrogens (tertiary/aromatic N) is 2. The van der Waals surface area contributed by atoms with E-state index in [-0.39, 0.29) is 5.91 Å². The molecule has 0 aliphatic rings. The van der Waals surface area contributed by atoms with E-state index in [1.54, 1.807) is 6.07 Å². The summed E-state index contributed by atoms with van der Waals surface area (Å²) in [5.41, 5.74) is 2.63. The molecule has 0 saturated heterocycles. The summed E-state index contributed by atoms with van der Waals surface area (Å²) in [4.78, 5) is 20.4. The quantitative estimate of drug-likeness (QED) is 0.860. The third-order valence-corrected chi connectivity index (χ3v) is 3.61. The average molecular weight is 298 g/mol. The van der Waals surface area contributed by atoms with Crippen LogP contribution in [-0.2, 0) is 6.54 Å². The number of nitrogens with one attached hydrogen (secondary N) is 2. The minimum Gasteiger partial charge on any atom is -0.368 e. The van der Waals surface area contributed by atoms with E-state index in [1.807, 2.05) is 31.2 Å². The van der Waals surface area contributed by atoms with Gasteiger partial charge in [-0.1, -0.05) is 31.2 Å². The van der Waals surface area contributed by atoms with Gasteiger partial charge in [-0.15, -0.1) is 0 Å². The van der Waals surface area contributed by atoms with Crippen molar-refractivity contribution in [2.75, 3.05) is 5.32 Å². The summed E-state index contributed by atoms with van der Waals surface area (Å²) in [5, 5.41) is 6.13. The van der Waals surface area contributed by atoms with Crippen molar-refractivity contribution < 1.29 is 4.79 Å². The largest absolute Gasteiger partial charge is 0.368 e. The first kappa shape index (κ1) is 15.9. The molecule has 1 unspecified atom stereocenters. The molecule has 0 spiro atoms. The molecular weight excluding hydrogens is 276 g/mol. The Balaban J connectivity index is 2.00. The molecule has 0 saturated carbocycles. The number of aryl methyl sites for hydroxylation is 1. The highest BCUT2D eigenvalue weighted by Gasteiger charge is 2.10. The molecule has 1 aromatic heterocycles. The minimum absolute atomic E-state index is 0.196. The van der Waals surface area contributed by atoms with E-state index < -0.39 is 0 Å². The SMILES string of the molecule is CCC(C)Nc1cc(C(=O)NCc2ccccc2C)ncn1. The summed E-state index contributed by atoms with van der Waals surface area (Å²) in [6.07, 6.45) is 2.40. The lowest BCUT2D eigenvalue weighted by Crippen LogP contribution is -2.24. The Morgan fingerprint density at radius 3 is 2.77 bits per heavy atom. The van der Waals surface area contributed by atoms with E-state index >= 15 is 0 Å². The van der Waals surface area contributed by atoms with E-state index in [1.165, 1.54) is 6.33 Å². The molecule has 1 aromatic carbocycles. The lowest BCUT2D eigenvalue weighted by molar-refractivity contribution is 0.0945. The lowest BCUT2D eigenvalue weighted by atomic mass is 10.1. The van der Waals surface area contributed by atoms with Crippen LogP contribution < -0.4 is 10.6 Å². The maximum atomic E-state index is 12.2. The fraction of sp³-hybridized carbons (Fsp3) is 0.353. The van der Waals surface area contributed by atoms with E-state index in [2.05, 4.69) is 34.4 Å². The van der Waals surface area contributed by atoms with Gasteiger partial charge in [0.2, 0.25) is 0 Å². The molecule has 0 bridgehead atoms. The topological polar surface area (TPSA) is 66.9 Å². The van der Waals surface area contributed by atoms with Gasteiger partial charge in [0.25, 0.3) is 5.91 Å². The molecule has 1 heterocycles. The average Bonchev–Trinajstić information content (AvgIpc) is 2.54. The molecule has 22 heavy (non-hydrogen) atoms. The first-order valence-electron chi connectivity index (χ1n) is 7.51. The van der Waals surface area contributed by atoms with Crippen molar-refractivity contribution in [3.8, 4) is 0 Å². The van der Waals surface area contributed by atoms with Crippen molar-refractivity contribution in [3.05, 3.63) is 53.5 Å². The third-order valence-electron chi connectivity index (χ3n) is 3.61. The molecule has 1 atom stereocenters. The second-order valence-corrected chi connectivity index (χ2v) is 5.35. The first-order valence-corrected chi connectivity index (χ1v) is 7.51. The van der Waals surface area contributed by atoms with Gasteiger partial charge in [0.15, 0.2) is 0 Å². The Hall–Kier alpha value is -2.43. The highest BCUT2D eigenvalue weighted by Crippen LogP contribution is 2.09. The molecule has 2 aromatic rings. The first-order chi connectivity index (χ1) is 10.6. The summed E-state index contributed by atoms with van der Waals surface area (Å²) < 4.78 is 0. The van der Waals surface area contributed by atoms with Crippen LogP contribution in [0.3, 0.4) is 0 Å². The van der Waals surface area contributed by atoms with Crippen LogP contribution in [0.25, 0.3) is 0 Å². The fourth-order valence-corrected chi connectivity index (χ4v) is 1.99. The van der Waals surface area contributed by atoms with Crippen molar-refractivity contribution in [1.82, 2.24) is 15.3 Å². The summed E-state index contributed by atoms with van der Waals surface area (Å²) in [7, 11) is 0. The Kier molecular flexibility index (Phi) is 5.47. The van der Waals surface area contributed by atoms with Crippen molar-refractivity contribution in [2.24, 2.45) is 0 Å². The number of rotatable bonds is 6. The zero-order valence-corrected chi connectivity index (χ0v) is 13.3. The van der Waals surface area contributed by atoms with Crippen molar-refractivity contribution in [1.29, 1.82) is 0 Å². The number of hydrogen-bond donors (Lipinski definition) is 2. The summed E-state index contributed by atoms with van der Waals surface area (Å²) in [6, 6.07) is 9.97. The van der Waals surface area contributed by atoms with Gasteiger partial charge in [-0.3, -0.25) is 4.79 Å². The number of carbonyl (C=O) groups is 1. The maximum absolute atomic E-state index is 12.2. The molecule has 0 aliphatic carbocycles. The zero-order chi connectivity index (χ0) is 15.9. The second-order valence-electron chi connectivity index (χ2n) is 5.35. The number of amides is 1. The van der Waals surface area contributed by atoms with Gasteiger partial charge in [0.05, 0.1) is 0 Å². The number of aromatic nitrogens is 2. The number of benzene rings is 1. The van der Waals surface area contributed by atoms with Crippen LogP contribution >= 0.6 is 0 Å². The van der Waals surface area contributed by atoms with E-state index in [0.717, 1.165) is 17.5 Å². The molecule has 2 rings (SSSR count). The van der Waals surface area contributed by atoms with E-state index in [9.17, 15) is 4.79 Å². The van der Waals surface area contributed by atoms with Crippen LogP contribution in [0.4, 0.5) is 5.82 Å². The van der Waals surface area contributed by atoms with Crippen LogP contribution in [-0.4, -0.2) is 21.9 Å². The summed E-state index contributed by atoms with van der Waals surface area (Å²) in [5.74, 6) is 0.475. The Morgan fingerprint density at radius 2 is 2.05 bits per heavy atom. The van der Waals surface area contributed by atoms with Gasteiger partial charge in [-0.2, -0.15) is 0 Å². The van der Waals surface area contributed by atoms with E-state index in [0.29, 0.717) is 24.1 Å². The zero-order valence-electron chi connectivity index (χ0n) is 13.3. The normalized spacial score (nSPS) is 11.8. The van der Waals surface area contributed by atoms with Crippen molar-refractivity contribution in [3.63, 3.8) is 0 Å². The van der Waals surface area contributed by atoms with Gasteiger partial charge in [-0.05, 0) is 31.4 Å². The third kappa shape index (κ3) is 4.28. The van der Waals surface area contributed by atoms with Crippen molar-refractivity contribution in [2.45, 2.75) is 39.8 Å². The lowest BCUT2D eigenvalue weighted by Gasteiger charge is -2.12. The molecule has 116 valence electrons. The Morgan fingerprint density at radius 1 is 1.27 bits per heavy atom.